The average Bonchev–Trinajstić information content (AvgIpc) is 2.85. The summed E-state index contributed by atoms with van der Waals surface area (Å²) in [5, 5.41) is 13.1. The Hall–Kier alpha value is -3.58. The standard InChI is InChI=1S/C27H26N2O2/c1-31-25-9-5-8-23(18-25)27(19-28)16-14-24(15-17-27)29-26(30)22-12-10-21(11-13-22)20-6-3-2-4-7-20/h2-13,18,24H,14-17H2,1H3,(H,29,30)/t24-,27-. The van der Waals surface area contributed by atoms with Gasteiger partial charge in [-0.05, 0) is 66.6 Å². The van der Waals surface area contributed by atoms with Crippen molar-refractivity contribution in [2.75, 3.05) is 7.11 Å². The smallest absolute Gasteiger partial charge is 0.251 e. The normalized spacial score (nSPS) is 20.5. The number of benzene rings is 3. The maximum absolute atomic E-state index is 12.8. The van der Waals surface area contributed by atoms with Crippen LogP contribution in [-0.2, 0) is 5.41 Å². The van der Waals surface area contributed by atoms with Gasteiger partial charge in [-0.25, -0.2) is 0 Å². The van der Waals surface area contributed by atoms with Crippen LogP contribution in [0.5, 0.6) is 5.75 Å². The lowest BCUT2D eigenvalue weighted by Gasteiger charge is -2.35. The number of carbonyl (C=O) groups is 1. The molecular formula is C27H26N2O2. The van der Waals surface area contributed by atoms with Crippen molar-refractivity contribution in [2.24, 2.45) is 0 Å². The lowest BCUT2D eigenvalue weighted by Crippen LogP contribution is -2.41. The molecule has 1 aliphatic carbocycles. The highest BCUT2D eigenvalue weighted by atomic mass is 16.5. The second-order valence-corrected chi connectivity index (χ2v) is 8.12. The van der Waals surface area contributed by atoms with Crippen LogP contribution in [0.15, 0.2) is 78.9 Å². The molecule has 0 unspecified atom stereocenters. The molecule has 1 saturated carbocycles. The van der Waals surface area contributed by atoms with Gasteiger partial charge < -0.3 is 10.1 Å². The number of carbonyl (C=O) groups excluding carboxylic acids is 1. The van der Waals surface area contributed by atoms with Crippen molar-refractivity contribution in [3.8, 4) is 22.9 Å². The van der Waals surface area contributed by atoms with E-state index in [-0.39, 0.29) is 11.9 Å². The number of ether oxygens (including phenoxy) is 1. The molecule has 0 radical (unpaired) electrons. The van der Waals surface area contributed by atoms with Gasteiger partial charge in [0.25, 0.3) is 5.91 Å². The molecule has 0 bridgehead atoms. The van der Waals surface area contributed by atoms with Gasteiger partial charge in [-0.1, -0.05) is 54.6 Å². The number of methoxy groups -OCH3 is 1. The summed E-state index contributed by atoms with van der Waals surface area (Å²) < 4.78 is 5.33. The average molecular weight is 411 g/mol. The van der Waals surface area contributed by atoms with Crippen molar-refractivity contribution in [1.82, 2.24) is 5.32 Å². The van der Waals surface area contributed by atoms with Gasteiger partial charge in [0.1, 0.15) is 5.75 Å². The summed E-state index contributed by atoms with van der Waals surface area (Å²) in [5.74, 6) is 0.706. The highest BCUT2D eigenvalue weighted by Gasteiger charge is 2.37. The first-order chi connectivity index (χ1) is 15.1. The molecule has 1 aliphatic rings. The molecule has 0 spiro atoms. The summed E-state index contributed by atoms with van der Waals surface area (Å²) in [6.07, 6.45) is 2.99. The van der Waals surface area contributed by atoms with Crippen LogP contribution >= 0.6 is 0 Å². The van der Waals surface area contributed by atoms with Crippen molar-refractivity contribution >= 4 is 5.91 Å². The molecule has 1 N–H and O–H groups in total. The van der Waals surface area contributed by atoms with E-state index in [1.54, 1.807) is 7.11 Å². The fraction of sp³-hybridized carbons (Fsp3) is 0.259. The molecular weight excluding hydrogens is 384 g/mol. The fourth-order valence-corrected chi connectivity index (χ4v) is 4.35. The topological polar surface area (TPSA) is 62.1 Å². The lowest BCUT2D eigenvalue weighted by molar-refractivity contribution is 0.0922. The van der Waals surface area contributed by atoms with Crippen LogP contribution in [0.25, 0.3) is 11.1 Å². The van der Waals surface area contributed by atoms with Crippen molar-refractivity contribution in [1.29, 1.82) is 5.26 Å². The molecule has 0 heterocycles. The predicted octanol–water partition coefficient (Wildman–Crippen LogP) is 5.50. The van der Waals surface area contributed by atoms with Crippen molar-refractivity contribution in [3.63, 3.8) is 0 Å². The van der Waals surface area contributed by atoms with Gasteiger partial charge in [-0.15, -0.1) is 0 Å². The zero-order valence-corrected chi connectivity index (χ0v) is 17.7. The van der Waals surface area contributed by atoms with Gasteiger partial charge in [-0.2, -0.15) is 5.26 Å². The summed E-state index contributed by atoms with van der Waals surface area (Å²) in [5.41, 5.74) is 3.35. The molecule has 0 aromatic heterocycles. The molecule has 0 aliphatic heterocycles. The zero-order valence-electron chi connectivity index (χ0n) is 17.7. The van der Waals surface area contributed by atoms with Crippen LogP contribution in [0.4, 0.5) is 0 Å². The van der Waals surface area contributed by atoms with Gasteiger partial charge in [0, 0.05) is 11.6 Å². The third-order valence-corrected chi connectivity index (χ3v) is 6.26. The third-order valence-electron chi connectivity index (χ3n) is 6.26. The van der Waals surface area contributed by atoms with E-state index in [1.165, 1.54) is 0 Å². The number of nitrogens with one attached hydrogen (secondary N) is 1. The van der Waals surface area contributed by atoms with Crippen LogP contribution in [-0.4, -0.2) is 19.1 Å². The van der Waals surface area contributed by atoms with Crippen LogP contribution in [0.2, 0.25) is 0 Å². The largest absolute Gasteiger partial charge is 0.497 e. The molecule has 4 nitrogen and oxygen atoms in total. The van der Waals surface area contributed by atoms with Gasteiger partial charge in [-0.3, -0.25) is 4.79 Å². The second-order valence-electron chi connectivity index (χ2n) is 8.12. The van der Waals surface area contributed by atoms with E-state index in [0.29, 0.717) is 18.4 Å². The number of hydrogen-bond acceptors (Lipinski definition) is 3. The Morgan fingerprint density at radius 1 is 0.968 bits per heavy atom. The minimum atomic E-state index is -0.521. The molecule has 3 aromatic rings. The summed E-state index contributed by atoms with van der Waals surface area (Å²) in [4.78, 5) is 12.8. The Kier molecular flexibility index (Phi) is 6.04. The van der Waals surface area contributed by atoms with Crippen LogP contribution in [0.1, 0.15) is 41.6 Å². The van der Waals surface area contributed by atoms with Crippen molar-refractivity contribution in [3.05, 3.63) is 90.0 Å². The minimum absolute atomic E-state index is 0.0598. The first-order valence-corrected chi connectivity index (χ1v) is 10.7. The van der Waals surface area contributed by atoms with Crippen LogP contribution < -0.4 is 10.1 Å². The molecule has 31 heavy (non-hydrogen) atoms. The predicted molar refractivity (Wildman–Crippen MR) is 122 cm³/mol. The van der Waals surface area contributed by atoms with E-state index in [1.807, 2.05) is 66.7 Å². The van der Waals surface area contributed by atoms with Crippen LogP contribution in [0, 0.1) is 11.3 Å². The Bertz CT molecular complexity index is 1080. The highest BCUT2D eigenvalue weighted by molar-refractivity contribution is 5.94. The Balaban J connectivity index is 1.39. The van der Waals surface area contributed by atoms with Gasteiger partial charge in [0.05, 0.1) is 18.6 Å². The fourth-order valence-electron chi connectivity index (χ4n) is 4.35. The summed E-state index contributed by atoms with van der Waals surface area (Å²) in [7, 11) is 1.64. The second kappa shape index (κ2) is 9.06. The first-order valence-electron chi connectivity index (χ1n) is 10.7. The minimum Gasteiger partial charge on any atom is -0.497 e. The van der Waals surface area contributed by atoms with Gasteiger partial charge in [0.2, 0.25) is 0 Å². The van der Waals surface area contributed by atoms with E-state index in [9.17, 15) is 10.1 Å². The van der Waals surface area contributed by atoms with E-state index in [0.717, 1.165) is 35.3 Å². The Labute approximate surface area is 183 Å². The van der Waals surface area contributed by atoms with E-state index >= 15 is 0 Å². The number of nitriles is 1. The molecule has 1 amide bonds. The van der Waals surface area contributed by atoms with Crippen molar-refractivity contribution < 1.29 is 9.53 Å². The molecule has 3 aromatic carbocycles. The maximum atomic E-state index is 12.8. The zero-order chi connectivity index (χ0) is 21.7. The highest BCUT2D eigenvalue weighted by Crippen LogP contribution is 2.40. The first kappa shape index (κ1) is 20.7. The molecule has 0 saturated heterocycles. The van der Waals surface area contributed by atoms with Crippen molar-refractivity contribution in [2.45, 2.75) is 37.1 Å². The lowest BCUT2D eigenvalue weighted by atomic mass is 9.69. The summed E-state index contributed by atoms with van der Waals surface area (Å²) in [6, 6.07) is 28.2. The Morgan fingerprint density at radius 2 is 1.65 bits per heavy atom. The van der Waals surface area contributed by atoms with E-state index in [2.05, 4.69) is 23.5 Å². The monoisotopic (exact) mass is 410 g/mol. The van der Waals surface area contributed by atoms with E-state index < -0.39 is 5.41 Å². The Morgan fingerprint density at radius 3 is 2.29 bits per heavy atom. The van der Waals surface area contributed by atoms with Gasteiger partial charge >= 0.3 is 0 Å². The van der Waals surface area contributed by atoms with Gasteiger partial charge in [0.15, 0.2) is 0 Å². The molecule has 4 rings (SSSR count). The molecule has 0 atom stereocenters. The quantitative estimate of drug-likeness (QED) is 0.604. The molecule has 156 valence electrons. The number of rotatable bonds is 5. The third kappa shape index (κ3) is 4.46. The SMILES string of the molecule is COc1cccc([C@]2(C#N)CC[C@@H](NC(=O)c3ccc(-c4ccccc4)cc3)CC2)c1. The number of hydrogen-bond donors (Lipinski definition) is 1. The van der Waals surface area contributed by atoms with E-state index in [4.69, 9.17) is 4.74 Å². The maximum Gasteiger partial charge on any atom is 0.251 e. The summed E-state index contributed by atoms with van der Waals surface area (Å²) >= 11 is 0. The molecule has 4 heteroatoms. The summed E-state index contributed by atoms with van der Waals surface area (Å²) in [6.45, 7) is 0. The number of nitrogens with zero attached hydrogens (tertiary/aromatic N) is 1. The van der Waals surface area contributed by atoms with Crippen LogP contribution in [0.3, 0.4) is 0 Å². The molecule has 1 fully saturated rings. The number of amides is 1.